The molecule has 1 aromatic heterocycles. The fourth-order valence-electron chi connectivity index (χ4n) is 0.872. The van der Waals surface area contributed by atoms with E-state index in [9.17, 15) is 4.79 Å². The summed E-state index contributed by atoms with van der Waals surface area (Å²) in [7, 11) is 0. The molecule has 1 aliphatic heterocycles. The van der Waals surface area contributed by atoms with Crippen molar-refractivity contribution in [3.63, 3.8) is 0 Å². The summed E-state index contributed by atoms with van der Waals surface area (Å²) in [5, 5.41) is 3.08. The SMILES string of the molecule is O=C(Cl)c1c2noc1C2. The van der Waals surface area contributed by atoms with Gasteiger partial charge in [0, 0.05) is 0 Å². The van der Waals surface area contributed by atoms with Crippen LogP contribution in [0.1, 0.15) is 21.8 Å². The second-order valence-corrected chi connectivity index (χ2v) is 2.22. The summed E-state index contributed by atoms with van der Waals surface area (Å²) >= 11 is 5.15. The van der Waals surface area contributed by atoms with E-state index in [4.69, 9.17) is 11.6 Å². The molecule has 2 heterocycles. The molecule has 46 valence electrons. The van der Waals surface area contributed by atoms with Gasteiger partial charge >= 0.3 is 0 Å². The summed E-state index contributed by atoms with van der Waals surface area (Å²) in [4.78, 5) is 10.4. The third-order valence-corrected chi connectivity index (χ3v) is 1.55. The summed E-state index contributed by atoms with van der Waals surface area (Å²) in [5.41, 5.74) is 1.15. The average molecular weight is 144 g/mol. The fraction of sp³-hybridized carbons (Fsp3) is 0.200. The third kappa shape index (κ3) is 0.471. The van der Waals surface area contributed by atoms with Gasteiger partial charge in [-0.05, 0) is 11.6 Å². The highest BCUT2D eigenvalue weighted by molar-refractivity contribution is 6.68. The van der Waals surface area contributed by atoms with Crippen LogP contribution in [0.3, 0.4) is 0 Å². The van der Waals surface area contributed by atoms with Crippen molar-refractivity contribution in [1.82, 2.24) is 5.16 Å². The summed E-state index contributed by atoms with van der Waals surface area (Å²) < 4.78 is 4.66. The van der Waals surface area contributed by atoms with Crippen molar-refractivity contribution < 1.29 is 9.32 Å². The summed E-state index contributed by atoms with van der Waals surface area (Å²) in [6.07, 6.45) is 0.674. The minimum atomic E-state index is -0.465. The Morgan fingerprint density at radius 1 is 1.78 bits per heavy atom. The highest BCUT2D eigenvalue weighted by atomic mass is 35.5. The second kappa shape index (κ2) is 1.36. The molecule has 0 saturated heterocycles. The molecule has 0 spiro atoms. The molecule has 0 amide bonds. The summed E-state index contributed by atoms with van der Waals surface area (Å²) in [6.45, 7) is 0. The van der Waals surface area contributed by atoms with E-state index < -0.39 is 5.24 Å². The molecule has 0 radical (unpaired) electrons. The zero-order chi connectivity index (χ0) is 6.43. The van der Waals surface area contributed by atoms with Gasteiger partial charge in [0.15, 0.2) is 5.76 Å². The van der Waals surface area contributed by atoms with Gasteiger partial charge in [-0.2, -0.15) is 0 Å². The molecular formula is C5H2ClNO2. The van der Waals surface area contributed by atoms with Gasteiger partial charge in [-0.1, -0.05) is 5.16 Å². The standard InChI is InChI=1S/C5H2ClNO2/c6-5(8)4-2-1-3(4)9-7-2/h1H2. The van der Waals surface area contributed by atoms with E-state index >= 15 is 0 Å². The van der Waals surface area contributed by atoms with E-state index in [0.717, 1.165) is 0 Å². The minimum absolute atomic E-state index is 0.465. The number of carbonyl (C=O) groups is 1. The minimum Gasteiger partial charge on any atom is -0.360 e. The van der Waals surface area contributed by atoms with Crippen molar-refractivity contribution in [2.45, 2.75) is 6.42 Å². The number of aromatic nitrogens is 1. The molecule has 2 bridgehead atoms. The molecule has 9 heavy (non-hydrogen) atoms. The van der Waals surface area contributed by atoms with Crippen molar-refractivity contribution in [2.24, 2.45) is 0 Å². The second-order valence-electron chi connectivity index (χ2n) is 1.88. The Balaban J connectivity index is 2.58. The molecule has 0 aromatic carbocycles. The first-order valence-electron chi connectivity index (χ1n) is 2.46. The van der Waals surface area contributed by atoms with Gasteiger partial charge in [-0.15, -0.1) is 0 Å². The maximum atomic E-state index is 10.4. The van der Waals surface area contributed by atoms with E-state index in [1.54, 1.807) is 0 Å². The van der Waals surface area contributed by atoms with E-state index in [1.165, 1.54) is 0 Å². The summed E-state index contributed by atoms with van der Waals surface area (Å²) in [6, 6.07) is 0. The summed E-state index contributed by atoms with van der Waals surface area (Å²) in [5.74, 6) is 0.616. The number of hydrogen-bond donors (Lipinski definition) is 0. The Kier molecular flexibility index (Phi) is 0.754. The smallest absolute Gasteiger partial charge is 0.257 e. The molecule has 0 fully saturated rings. The molecule has 0 N–H and O–H groups in total. The van der Waals surface area contributed by atoms with Crippen LogP contribution in [0.25, 0.3) is 0 Å². The Bertz CT molecular complexity index is 259. The number of halogens is 1. The van der Waals surface area contributed by atoms with Gasteiger partial charge in [0.25, 0.3) is 5.24 Å². The van der Waals surface area contributed by atoms with Gasteiger partial charge in [0.1, 0.15) is 11.3 Å². The number of carbonyl (C=O) groups excluding carboxylic acids is 1. The van der Waals surface area contributed by atoms with Crippen LogP contribution >= 0.6 is 11.6 Å². The lowest BCUT2D eigenvalue weighted by atomic mass is 10.00. The molecule has 1 aromatic rings. The lowest BCUT2D eigenvalue weighted by molar-refractivity contribution is 0.107. The van der Waals surface area contributed by atoms with E-state index in [0.29, 0.717) is 23.4 Å². The van der Waals surface area contributed by atoms with E-state index in [-0.39, 0.29) is 0 Å². The van der Waals surface area contributed by atoms with Crippen LogP contribution in [0.4, 0.5) is 0 Å². The van der Waals surface area contributed by atoms with Gasteiger partial charge in [-0.25, -0.2) is 0 Å². The molecule has 4 heteroatoms. The first-order valence-corrected chi connectivity index (χ1v) is 2.84. The molecule has 3 rings (SSSR count). The molecule has 1 aliphatic carbocycles. The molecule has 0 unspecified atom stereocenters. The number of fused-ring (bicyclic) bond motifs is 1. The third-order valence-electron chi connectivity index (χ3n) is 1.36. The number of rotatable bonds is 1. The zero-order valence-electron chi connectivity index (χ0n) is 4.35. The van der Waals surface area contributed by atoms with Crippen LogP contribution in [0.5, 0.6) is 0 Å². The fourth-order valence-corrected chi connectivity index (χ4v) is 1.09. The predicted molar refractivity (Wildman–Crippen MR) is 29.5 cm³/mol. The maximum Gasteiger partial charge on any atom is 0.257 e. The first-order chi connectivity index (χ1) is 4.29. The van der Waals surface area contributed by atoms with Gasteiger partial charge in [0.05, 0.1) is 6.42 Å². The molecule has 0 atom stereocenters. The molecule has 3 nitrogen and oxygen atoms in total. The largest absolute Gasteiger partial charge is 0.360 e. The highest BCUT2D eigenvalue weighted by Gasteiger charge is 2.31. The van der Waals surface area contributed by atoms with Gasteiger partial charge in [-0.3, -0.25) is 4.79 Å². The number of hydrogen-bond acceptors (Lipinski definition) is 3. The molecule has 2 aliphatic rings. The Labute approximate surface area is 55.6 Å². The predicted octanol–water partition coefficient (Wildman–Crippen LogP) is 0.958. The van der Waals surface area contributed by atoms with Crippen molar-refractivity contribution in [1.29, 1.82) is 0 Å². The Morgan fingerprint density at radius 3 is 2.78 bits per heavy atom. The maximum absolute atomic E-state index is 10.4. The van der Waals surface area contributed by atoms with Crippen molar-refractivity contribution in [3.8, 4) is 0 Å². The van der Waals surface area contributed by atoms with Crippen molar-refractivity contribution in [3.05, 3.63) is 17.0 Å². The Morgan fingerprint density at radius 2 is 2.56 bits per heavy atom. The average Bonchev–Trinajstić information content (AvgIpc) is 2.13. The first kappa shape index (κ1) is 4.99. The molecule has 0 saturated carbocycles. The number of nitrogens with zero attached hydrogens (tertiary/aromatic N) is 1. The van der Waals surface area contributed by atoms with Gasteiger partial charge in [0.2, 0.25) is 0 Å². The van der Waals surface area contributed by atoms with Gasteiger partial charge < -0.3 is 4.52 Å². The van der Waals surface area contributed by atoms with Crippen LogP contribution < -0.4 is 0 Å². The molecular weight excluding hydrogens is 142 g/mol. The van der Waals surface area contributed by atoms with E-state index in [2.05, 4.69) is 9.68 Å². The van der Waals surface area contributed by atoms with Crippen LogP contribution in [-0.2, 0) is 6.42 Å². The zero-order valence-corrected chi connectivity index (χ0v) is 5.10. The van der Waals surface area contributed by atoms with Crippen molar-refractivity contribution >= 4 is 16.8 Å². The topological polar surface area (TPSA) is 43.1 Å². The van der Waals surface area contributed by atoms with Crippen LogP contribution in [0.15, 0.2) is 4.52 Å². The monoisotopic (exact) mass is 143 g/mol. The van der Waals surface area contributed by atoms with Crippen LogP contribution in [0, 0.1) is 0 Å². The van der Waals surface area contributed by atoms with E-state index in [1.807, 2.05) is 0 Å². The lowest BCUT2D eigenvalue weighted by Crippen LogP contribution is -2.07. The highest BCUT2D eigenvalue weighted by Crippen LogP contribution is 2.29. The van der Waals surface area contributed by atoms with Crippen LogP contribution in [-0.4, -0.2) is 10.4 Å². The quantitative estimate of drug-likeness (QED) is 0.559. The Hall–Kier alpha value is -0.830. The lowest BCUT2D eigenvalue weighted by Gasteiger charge is -2.02. The van der Waals surface area contributed by atoms with Crippen LogP contribution in [0.2, 0.25) is 0 Å². The van der Waals surface area contributed by atoms with Crippen molar-refractivity contribution in [2.75, 3.05) is 0 Å². The normalized spacial score (nSPS) is 13.0.